The fourth-order valence-electron chi connectivity index (χ4n) is 2.95. The molecule has 0 aliphatic rings. The highest BCUT2D eigenvalue weighted by atomic mass is 32.2. The summed E-state index contributed by atoms with van der Waals surface area (Å²) < 4.78 is 28.0. The van der Waals surface area contributed by atoms with Crippen molar-refractivity contribution in [2.75, 3.05) is 5.32 Å². The topological polar surface area (TPSA) is 75.3 Å². The van der Waals surface area contributed by atoms with Crippen LogP contribution in [0.5, 0.6) is 0 Å². The van der Waals surface area contributed by atoms with E-state index in [-0.39, 0.29) is 17.3 Å². The molecule has 0 saturated carbocycles. The average molecular weight is 409 g/mol. The van der Waals surface area contributed by atoms with Crippen LogP contribution in [-0.4, -0.2) is 14.3 Å². The van der Waals surface area contributed by atoms with Gasteiger partial charge < -0.3 is 5.32 Å². The van der Waals surface area contributed by atoms with Gasteiger partial charge in [0.05, 0.1) is 4.90 Å². The highest BCUT2D eigenvalue weighted by molar-refractivity contribution is 7.89. The third-order valence-corrected chi connectivity index (χ3v) is 6.32. The Bertz CT molecular complexity index is 1140. The average Bonchev–Trinajstić information content (AvgIpc) is 2.71. The van der Waals surface area contributed by atoms with Gasteiger partial charge in [-0.3, -0.25) is 4.79 Å². The van der Waals surface area contributed by atoms with E-state index in [1.165, 1.54) is 12.1 Å². The molecule has 150 valence electrons. The van der Waals surface area contributed by atoms with Crippen molar-refractivity contribution < 1.29 is 13.2 Å². The maximum absolute atomic E-state index is 12.8. The van der Waals surface area contributed by atoms with E-state index in [1.54, 1.807) is 13.0 Å². The van der Waals surface area contributed by atoms with Crippen molar-refractivity contribution in [3.63, 3.8) is 0 Å². The van der Waals surface area contributed by atoms with Crippen LogP contribution in [-0.2, 0) is 16.6 Å². The Hall–Kier alpha value is -2.96. The van der Waals surface area contributed by atoms with E-state index in [9.17, 15) is 13.2 Å². The highest BCUT2D eigenvalue weighted by Gasteiger charge is 2.18. The normalized spacial score (nSPS) is 11.3. The van der Waals surface area contributed by atoms with E-state index in [4.69, 9.17) is 0 Å². The van der Waals surface area contributed by atoms with Gasteiger partial charge in [0.15, 0.2) is 0 Å². The molecule has 3 aromatic rings. The maximum atomic E-state index is 12.8. The minimum atomic E-state index is -3.75. The molecule has 0 saturated heterocycles. The lowest BCUT2D eigenvalue weighted by molar-refractivity contribution is 0.102. The van der Waals surface area contributed by atoms with E-state index < -0.39 is 10.0 Å². The van der Waals surface area contributed by atoms with E-state index in [2.05, 4.69) is 10.0 Å². The summed E-state index contributed by atoms with van der Waals surface area (Å²) >= 11 is 0. The standard InChI is InChI=1S/C23H24N2O3S/c1-16-8-7-11-22(18(16)3)25-23(26)21-14-20(13-12-17(21)2)29(27,28)24-15-19-9-5-4-6-10-19/h4-14,24H,15H2,1-3H3,(H,25,26). The van der Waals surface area contributed by atoms with Crippen molar-refractivity contribution >= 4 is 21.6 Å². The highest BCUT2D eigenvalue weighted by Crippen LogP contribution is 2.21. The van der Waals surface area contributed by atoms with Gasteiger partial charge in [-0.2, -0.15) is 0 Å². The number of amides is 1. The Morgan fingerprint density at radius 2 is 1.59 bits per heavy atom. The summed E-state index contributed by atoms with van der Waals surface area (Å²) in [6.45, 7) is 5.88. The molecule has 3 aromatic carbocycles. The quantitative estimate of drug-likeness (QED) is 0.637. The zero-order valence-electron chi connectivity index (χ0n) is 16.7. The molecule has 2 N–H and O–H groups in total. The first-order chi connectivity index (χ1) is 13.8. The number of nitrogens with one attached hydrogen (secondary N) is 2. The minimum absolute atomic E-state index is 0.0603. The Kier molecular flexibility index (Phi) is 6.15. The predicted octanol–water partition coefficient (Wildman–Crippen LogP) is 4.34. The summed E-state index contributed by atoms with van der Waals surface area (Å²) in [7, 11) is -3.75. The zero-order chi connectivity index (χ0) is 21.0. The lowest BCUT2D eigenvalue weighted by Crippen LogP contribution is -2.24. The Labute approximate surface area is 171 Å². The van der Waals surface area contributed by atoms with E-state index in [0.29, 0.717) is 16.8 Å². The predicted molar refractivity (Wildman–Crippen MR) is 116 cm³/mol. The number of sulfonamides is 1. The van der Waals surface area contributed by atoms with Gasteiger partial charge in [-0.15, -0.1) is 0 Å². The summed E-state index contributed by atoms with van der Waals surface area (Å²) in [6, 6.07) is 19.5. The molecule has 0 bridgehead atoms. The molecule has 0 aliphatic heterocycles. The van der Waals surface area contributed by atoms with Gasteiger partial charge in [0.25, 0.3) is 5.91 Å². The van der Waals surface area contributed by atoms with Crippen molar-refractivity contribution in [2.45, 2.75) is 32.2 Å². The lowest BCUT2D eigenvalue weighted by atomic mass is 10.1. The van der Waals surface area contributed by atoms with Crippen LogP contribution in [0.25, 0.3) is 0 Å². The molecule has 0 radical (unpaired) electrons. The second kappa shape index (κ2) is 8.59. The molecule has 3 rings (SSSR count). The number of rotatable bonds is 6. The van der Waals surface area contributed by atoms with Crippen molar-refractivity contribution in [3.05, 3.63) is 94.5 Å². The summed E-state index contributed by atoms with van der Waals surface area (Å²) in [5, 5.41) is 2.89. The van der Waals surface area contributed by atoms with Gasteiger partial charge in [-0.1, -0.05) is 48.5 Å². The van der Waals surface area contributed by atoms with Crippen molar-refractivity contribution in [1.82, 2.24) is 4.72 Å². The first kappa shape index (κ1) is 20.8. The smallest absolute Gasteiger partial charge is 0.255 e. The SMILES string of the molecule is Cc1ccc(S(=O)(=O)NCc2ccccc2)cc1C(=O)Nc1cccc(C)c1C. The maximum Gasteiger partial charge on any atom is 0.255 e. The molecule has 1 amide bonds. The van der Waals surface area contributed by atoms with Crippen LogP contribution in [0.4, 0.5) is 5.69 Å². The summed E-state index contributed by atoms with van der Waals surface area (Å²) in [5.41, 5.74) is 4.65. The Morgan fingerprint density at radius 3 is 2.31 bits per heavy atom. The molecule has 29 heavy (non-hydrogen) atoms. The fourth-order valence-corrected chi connectivity index (χ4v) is 3.99. The number of carbonyl (C=O) groups is 1. The van der Waals surface area contributed by atoms with Gasteiger partial charge in [0.1, 0.15) is 0 Å². The van der Waals surface area contributed by atoms with Gasteiger partial charge in [-0.05, 0) is 61.2 Å². The summed E-state index contributed by atoms with van der Waals surface area (Å²) in [6.07, 6.45) is 0. The van der Waals surface area contributed by atoms with Crippen molar-refractivity contribution in [1.29, 1.82) is 0 Å². The molecule has 0 aliphatic carbocycles. The largest absolute Gasteiger partial charge is 0.322 e. The van der Waals surface area contributed by atoms with Gasteiger partial charge >= 0.3 is 0 Å². The molecule has 0 heterocycles. The molecule has 0 aromatic heterocycles. The number of hydrogen-bond acceptors (Lipinski definition) is 3. The first-order valence-electron chi connectivity index (χ1n) is 9.30. The van der Waals surface area contributed by atoms with Crippen LogP contribution in [0.3, 0.4) is 0 Å². The van der Waals surface area contributed by atoms with Crippen LogP contribution >= 0.6 is 0 Å². The Balaban J connectivity index is 1.83. The second-order valence-electron chi connectivity index (χ2n) is 6.99. The van der Waals surface area contributed by atoms with E-state index in [1.807, 2.05) is 62.4 Å². The van der Waals surface area contributed by atoms with Crippen LogP contribution in [0.2, 0.25) is 0 Å². The fraction of sp³-hybridized carbons (Fsp3) is 0.174. The first-order valence-corrected chi connectivity index (χ1v) is 10.8. The van der Waals surface area contributed by atoms with Gasteiger partial charge in [-0.25, -0.2) is 13.1 Å². The summed E-state index contributed by atoms with van der Waals surface area (Å²) in [4.78, 5) is 12.9. The van der Waals surface area contributed by atoms with Crippen molar-refractivity contribution in [3.8, 4) is 0 Å². The van der Waals surface area contributed by atoms with Gasteiger partial charge in [0, 0.05) is 17.8 Å². The number of benzene rings is 3. The number of aryl methyl sites for hydroxylation is 2. The molecule has 0 atom stereocenters. The van der Waals surface area contributed by atoms with Crippen LogP contribution in [0, 0.1) is 20.8 Å². The van der Waals surface area contributed by atoms with Crippen molar-refractivity contribution in [2.24, 2.45) is 0 Å². The van der Waals surface area contributed by atoms with Gasteiger partial charge in [0.2, 0.25) is 10.0 Å². The van der Waals surface area contributed by atoms with Crippen LogP contribution in [0.1, 0.15) is 32.6 Å². The van der Waals surface area contributed by atoms with E-state index >= 15 is 0 Å². The number of hydrogen-bond donors (Lipinski definition) is 2. The second-order valence-corrected chi connectivity index (χ2v) is 8.76. The third kappa shape index (κ3) is 4.91. The molecule has 6 heteroatoms. The Morgan fingerprint density at radius 1 is 0.862 bits per heavy atom. The third-order valence-electron chi connectivity index (χ3n) is 4.93. The zero-order valence-corrected chi connectivity index (χ0v) is 17.5. The minimum Gasteiger partial charge on any atom is -0.322 e. The monoisotopic (exact) mass is 408 g/mol. The molecular formula is C23H24N2O3S. The van der Waals surface area contributed by atoms with E-state index in [0.717, 1.165) is 16.7 Å². The molecule has 5 nitrogen and oxygen atoms in total. The molecule has 0 spiro atoms. The number of carbonyl (C=O) groups excluding carboxylic acids is 1. The molecule has 0 fully saturated rings. The van der Waals surface area contributed by atoms with Crippen LogP contribution < -0.4 is 10.0 Å². The molecule has 0 unspecified atom stereocenters. The molecular weight excluding hydrogens is 384 g/mol. The summed E-state index contributed by atoms with van der Waals surface area (Å²) in [5.74, 6) is -0.337. The number of anilines is 1. The lowest BCUT2D eigenvalue weighted by Gasteiger charge is -2.13. The van der Waals surface area contributed by atoms with Crippen LogP contribution in [0.15, 0.2) is 71.6 Å².